The van der Waals surface area contributed by atoms with Gasteiger partial charge in [-0.15, -0.1) is 6.58 Å². The molecule has 0 spiro atoms. The molecular formula is C14H26N2O. The van der Waals surface area contributed by atoms with Gasteiger partial charge in [-0.25, -0.2) is 0 Å². The largest absolute Gasteiger partial charge is 0.335 e. The Bertz CT molecular complexity index is 257. The molecule has 1 aliphatic carbocycles. The summed E-state index contributed by atoms with van der Waals surface area (Å²) in [4.78, 5) is 14.2. The Morgan fingerprint density at radius 3 is 2.53 bits per heavy atom. The van der Waals surface area contributed by atoms with Gasteiger partial charge in [-0.05, 0) is 25.2 Å². The Hall–Kier alpha value is -0.830. The predicted molar refractivity (Wildman–Crippen MR) is 71.6 cm³/mol. The minimum Gasteiger partial charge on any atom is -0.335 e. The molecule has 17 heavy (non-hydrogen) atoms. The van der Waals surface area contributed by atoms with Crippen molar-refractivity contribution in [2.45, 2.75) is 58.0 Å². The van der Waals surface area contributed by atoms with Gasteiger partial charge in [0.15, 0.2) is 0 Å². The fourth-order valence-corrected chi connectivity index (χ4v) is 2.60. The van der Waals surface area contributed by atoms with Crippen molar-refractivity contribution in [2.24, 2.45) is 11.7 Å². The maximum Gasteiger partial charge on any atom is 0.240 e. The van der Waals surface area contributed by atoms with Crippen LogP contribution in [-0.2, 0) is 4.79 Å². The summed E-state index contributed by atoms with van der Waals surface area (Å²) < 4.78 is 0. The predicted octanol–water partition coefficient (Wildman–Crippen LogP) is 2.32. The van der Waals surface area contributed by atoms with E-state index < -0.39 is 0 Å². The number of rotatable bonds is 6. The van der Waals surface area contributed by atoms with Crippen LogP contribution in [0.25, 0.3) is 0 Å². The van der Waals surface area contributed by atoms with Gasteiger partial charge >= 0.3 is 0 Å². The summed E-state index contributed by atoms with van der Waals surface area (Å²) in [5, 5.41) is 0. The van der Waals surface area contributed by atoms with E-state index in [9.17, 15) is 4.79 Å². The number of amides is 1. The smallest absolute Gasteiger partial charge is 0.240 e. The third-order valence-corrected chi connectivity index (χ3v) is 3.42. The van der Waals surface area contributed by atoms with Gasteiger partial charge in [-0.3, -0.25) is 4.79 Å². The molecule has 1 saturated carbocycles. The number of carbonyl (C=O) groups is 1. The fourth-order valence-electron chi connectivity index (χ4n) is 2.60. The Kier molecular flexibility index (Phi) is 5.69. The van der Waals surface area contributed by atoms with Crippen molar-refractivity contribution in [1.82, 2.24) is 4.90 Å². The maximum absolute atomic E-state index is 12.3. The first-order valence-corrected chi connectivity index (χ1v) is 6.73. The highest BCUT2D eigenvalue weighted by Gasteiger charge is 2.29. The molecule has 3 nitrogen and oxygen atoms in total. The van der Waals surface area contributed by atoms with E-state index in [2.05, 4.69) is 20.4 Å². The second-order valence-corrected chi connectivity index (χ2v) is 5.45. The summed E-state index contributed by atoms with van der Waals surface area (Å²) in [6.07, 6.45) is 7.26. The summed E-state index contributed by atoms with van der Waals surface area (Å²) in [6, 6.07) is 0.0364. The van der Waals surface area contributed by atoms with Crippen LogP contribution in [0, 0.1) is 5.92 Å². The molecule has 0 radical (unpaired) electrons. The van der Waals surface area contributed by atoms with Crippen molar-refractivity contribution in [3.05, 3.63) is 12.7 Å². The molecule has 2 N–H and O–H groups in total. The van der Waals surface area contributed by atoms with Crippen molar-refractivity contribution in [1.29, 1.82) is 0 Å². The highest BCUT2D eigenvalue weighted by molar-refractivity contribution is 5.82. The van der Waals surface area contributed by atoms with Gasteiger partial charge in [-0.1, -0.05) is 32.8 Å². The molecule has 1 atom stereocenters. The molecule has 1 aliphatic rings. The van der Waals surface area contributed by atoms with E-state index in [0.29, 0.717) is 18.5 Å². The lowest BCUT2D eigenvalue weighted by atomic mass is 10.0. The Morgan fingerprint density at radius 2 is 2.06 bits per heavy atom. The van der Waals surface area contributed by atoms with E-state index in [1.807, 2.05) is 4.90 Å². The number of hydrogen-bond donors (Lipinski definition) is 1. The Labute approximate surface area is 105 Å². The quantitative estimate of drug-likeness (QED) is 0.722. The van der Waals surface area contributed by atoms with E-state index >= 15 is 0 Å². The summed E-state index contributed by atoms with van der Waals surface area (Å²) in [5.41, 5.74) is 5.99. The number of nitrogens with zero attached hydrogens (tertiary/aromatic N) is 1. The molecular weight excluding hydrogens is 212 g/mol. The van der Waals surface area contributed by atoms with Crippen LogP contribution in [0.4, 0.5) is 0 Å². The van der Waals surface area contributed by atoms with Crippen LogP contribution in [0.1, 0.15) is 46.0 Å². The van der Waals surface area contributed by atoms with Crippen LogP contribution in [-0.4, -0.2) is 29.4 Å². The minimum absolute atomic E-state index is 0.102. The number of hydrogen-bond acceptors (Lipinski definition) is 2. The fraction of sp³-hybridized carbons (Fsp3) is 0.786. The van der Waals surface area contributed by atoms with Crippen molar-refractivity contribution >= 4 is 5.91 Å². The topological polar surface area (TPSA) is 46.3 Å². The lowest BCUT2D eigenvalue weighted by molar-refractivity contribution is -0.134. The van der Waals surface area contributed by atoms with Crippen LogP contribution in [0.5, 0.6) is 0 Å². The zero-order valence-corrected chi connectivity index (χ0v) is 11.2. The van der Waals surface area contributed by atoms with Gasteiger partial charge in [-0.2, -0.15) is 0 Å². The zero-order valence-electron chi connectivity index (χ0n) is 11.2. The average molecular weight is 238 g/mol. The summed E-state index contributed by atoms with van der Waals surface area (Å²) >= 11 is 0. The number of carbonyl (C=O) groups excluding carboxylic acids is 1. The van der Waals surface area contributed by atoms with Crippen molar-refractivity contribution in [3.8, 4) is 0 Å². The molecule has 1 amide bonds. The third-order valence-electron chi connectivity index (χ3n) is 3.42. The average Bonchev–Trinajstić information content (AvgIpc) is 2.77. The highest BCUT2D eigenvalue weighted by atomic mass is 16.2. The molecule has 0 aromatic heterocycles. The molecule has 0 aliphatic heterocycles. The van der Waals surface area contributed by atoms with Crippen LogP contribution < -0.4 is 5.73 Å². The first kappa shape index (κ1) is 14.2. The van der Waals surface area contributed by atoms with E-state index in [0.717, 1.165) is 19.3 Å². The van der Waals surface area contributed by atoms with Crippen LogP contribution >= 0.6 is 0 Å². The van der Waals surface area contributed by atoms with E-state index in [4.69, 9.17) is 5.73 Å². The molecule has 1 rings (SSSR count). The molecule has 0 aromatic rings. The van der Waals surface area contributed by atoms with E-state index in [1.165, 1.54) is 12.8 Å². The summed E-state index contributed by atoms with van der Waals surface area (Å²) in [6.45, 7) is 8.57. The molecule has 0 aromatic carbocycles. The SMILES string of the molecule is C=CCN(C(=O)C(N)CC(C)C)C1CCCC1. The van der Waals surface area contributed by atoms with E-state index in [1.54, 1.807) is 6.08 Å². The summed E-state index contributed by atoms with van der Waals surface area (Å²) in [7, 11) is 0. The van der Waals surface area contributed by atoms with Gasteiger partial charge in [0.1, 0.15) is 0 Å². The standard InChI is InChI=1S/C14H26N2O/c1-4-9-16(12-7-5-6-8-12)14(17)13(15)10-11(2)3/h4,11-13H,1,5-10,15H2,2-3H3. The molecule has 0 bridgehead atoms. The second-order valence-electron chi connectivity index (χ2n) is 5.45. The van der Waals surface area contributed by atoms with Crippen LogP contribution in [0.15, 0.2) is 12.7 Å². The van der Waals surface area contributed by atoms with Crippen molar-refractivity contribution < 1.29 is 4.79 Å². The van der Waals surface area contributed by atoms with Gasteiger partial charge in [0.05, 0.1) is 6.04 Å². The van der Waals surface area contributed by atoms with Crippen LogP contribution in [0.2, 0.25) is 0 Å². The van der Waals surface area contributed by atoms with Gasteiger partial charge in [0.2, 0.25) is 5.91 Å². The Balaban J connectivity index is 2.61. The molecule has 3 heteroatoms. The molecule has 1 fully saturated rings. The third kappa shape index (κ3) is 4.15. The van der Waals surface area contributed by atoms with E-state index in [-0.39, 0.29) is 11.9 Å². The van der Waals surface area contributed by atoms with Crippen molar-refractivity contribution in [2.75, 3.05) is 6.54 Å². The van der Waals surface area contributed by atoms with Crippen LogP contribution in [0.3, 0.4) is 0 Å². The molecule has 0 saturated heterocycles. The minimum atomic E-state index is -0.351. The highest BCUT2D eigenvalue weighted by Crippen LogP contribution is 2.24. The monoisotopic (exact) mass is 238 g/mol. The lowest BCUT2D eigenvalue weighted by Crippen LogP contribution is -2.48. The molecule has 0 heterocycles. The first-order chi connectivity index (χ1) is 8.06. The zero-order chi connectivity index (χ0) is 12.8. The molecule has 98 valence electrons. The number of nitrogens with two attached hydrogens (primary N) is 1. The van der Waals surface area contributed by atoms with Gasteiger partial charge in [0, 0.05) is 12.6 Å². The van der Waals surface area contributed by atoms with Crippen molar-refractivity contribution in [3.63, 3.8) is 0 Å². The molecule has 1 unspecified atom stereocenters. The normalized spacial score (nSPS) is 18.4. The first-order valence-electron chi connectivity index (χ1n) is 6.73. The Morgan fingerprint density at radius 1 is 1.47 bits per heavy atom. The van der Waals surface area contributed by atoms with Gasteiger partial charge < -0.3 is 10.6 Å². The maximum atomic E-state index is 12.3. The van der Waals surface area contributed by atoms with Gasteiger partial charge in [0.25, 0.3) is 0 Å². The lowest BCUT2D eigenvalue weighted by Gasteiger charge is -2.30. The second kappa shape index (κ2) is 6.80. The summed E-state index contributed by atoms with van der Waals surface area (Å²) in [5.74, 6) is 0.564.